The van der Waals surface area contributed by atoms with E-state index in [1.807, 2.05) is 12.1 Å². The van der Waals surface area contributed by atoms with Gasteiger partial charge in [-0.05, 0) is 42.7 Å². The minimum absolute atomic E-state index is 0.408. The summed E-state index contributed by atoms with van der Waals surface area (Å²) in [5, 5.41) is 19.1. The lowest BCUT2D eigenvalue weighted by atomic mass is 9.74. The molecule has 1 saturated carbocycles. The minimum Gasteiger partial charge on any atom is -0.492 e. The van der Waals surface area contributed by atoms with E-state index in [9.17, 15) is 10.5 Å². The quantitative estimate of drug-likeness (QED) is 0.314. The van der Waals surface area contributed by atoms with Crippen LogP contribution in [-0.2, 0) is 6.42 Å². The Kier molecular flexibility index (Phi) is 11.4. The van der Waals surface area contributed by atoms with Crippen molar-refractivity contribution in [3.8, 4) is 17.9 Å². The molecule has 0 radical (unpaired) electrons. The first kappa shape index (κ1) is 24.3. The lowest BCUT2D eigenvalue weighted by molar-refractivity contribution is 0.190. The van der Waals surface area contributed by atoms with Gasteiger partial charge in [-0.15, -0.1) is 0 Å². The van der Waals surface area contributed by atoms with Gasteiger partial charge in [0, 0.05) is 0 Å². The summed E-state index contributed by atoms with van der Waals surface area (Å²) < 4.78 is 5.98. The van der Waals surface area contributed by atoms with E-state index < -0.39 is 0 Å². The number of nitriles is 2. The third-order valence-corrected chi connectivity index (χ3v) is 6.72. The Morgan fingerprint density at radius 2 is 1.50 bits per heavy atom. The first-order valence-corrected chi connectivity index (χ1v) is 12.3. The second kappa shape index (κ2) is 14.1. The summed E-state index contributed by atoms with van der Waals surface area (Å²) in [6.45, 7) is 4.99. The molecule has 2 unspecified atom stereocenters. The number of unbranched alkanes of at least 4 members (excludes halogenated alkanes) is 4. The van der Waals surface area contributed by atoms with E-state index in [0.29, 0.717) is 23.5 Å². The van der Waals surface area contributed by atoms with Crippen LogP contribution in [-0.4, -0.2) is 6.61 Å². The zero-order valence-corrected chi connectivity index (χ0v) is 19.2. The van der Waals surface area contributed by atoms with Crippen molar-refractivity contribution in [2.24, 2.45) is 11.8 Å². The van der Waals surface area contributed by atoms with Crippen LogP contribution in [0.15, 0.2) is 12.1 Å². The van der Waals surface area contributed by atoms with E-state index in [4.69, 9.17) is 4.74 Å². The van der Waals surface area contributed by atoms with Gasteiger partial charge in [0.25, 0.3) is 0 Å². The van der Waals surface area contributed by atoms with Crippen LogP contribution in [0.2, 0.25) is 0 Å². The highest BCUT2D eigenvalue weighted by Gasteiger charge is 2.24. The first-order chi connectivity index (χ1) is 14.7. The van der Waals surface area contributed by atoms with Crippen LogP contribution in [0.1, 0.15) is 114 Å². The Balaban J connectivity index is 1.83. The number of aryl methyl sites for hydroxylation is 1. The highest BCUT2D eigenvalue weighted by molar-refractivity contribution is 5.57. The van der Waals surface area contributed by atoms with Gasteiger partial charge in [0.05, 0.1) is 12.2 Å². The fraction of sp³-hybridized carbons (Fsp3) is 0.704. The predicted molar refractivity (Wildman–Crippen MR) is 123 cm³/mol. The van der Waals surface area contributed by atoms with Crippen LogP contribution < -0.4 is 4.74 Å². The Morgan fingerprint density at radius 3 is 2.13 bits per heavy atom. The molecular weight excluding hydrogens is 368 g/mol. The number of hydrogen-bond acceptors (Lipinski definition) is 3. The van der Waals surface area contributed by atoms with E-state index in [0.717, 1.165) is 36.7 Å². The normalized spacial score (nSPS) is 18.5. The van der Waals surface area contributed by atoms with Crippen molar-refractivity contribution in [2.75, 3.05) is 6.61 Å². The Labute approximate surface area is 184 Å². The second-order valence-corrected chi connectivity index (χ2v) is 8.94. The number of benzene rings is 1. The molecule has 1 aromatic carbocycles. The van der Waals surface area contributed by atoms with Crippen LogP contribution in [0, 0.1) is 34.5 Å². The van der Waals surface area contributed by atoms with Gasteiger partial charge in [0.1, 0.15) is 23.5 Å². The minimum atomic E-state index is 0.408. The van der Waals surface area contributed by atoms with Gasteiger partial charge in [-0.3, -0.25) is 0 Å². The maximum atomic E-state index is 9.57. The molecule has 0 N–H and O–H groups in total. The van der Waals surface area contributed by atoms with Crippen LogP contribution in [0.25, 0.3) is 0 Å². The lowest BCUT2D eigenvalue weighted by Gasteiger charge is -2.32. The summed E-state index contributed by atoms with van der Waals surface area (Å²) in [5.74, 6) is 2.31. The molecule has 0 aliphatic heterocycles. The van der Waals surface area contributed by atoms with Gasteiger partial charge >= 0.3 is 0 Å². The average Bonchev–Trinajstić information content (AvgIpc) is 2.77. The van der Waals surface area contributed by atoms with Gasteiger partial charge in [-0.2, -0.15) is 10.5 Å². The third kappa shape index (κ3) is 7.36. The molecule has 1 aliphatic carbocycles. The third-order valence-electron chi connectivity index (χ3n) is 6.72. The molecule has 30 heavy (non-hydrogen) atoms. The zero-order chi connectivity index (χ0) is 21.6. The number of ether oxygens (including phenoxy) is 1. The number of hydrogen-bond donors (Lipinski definition) is 0. The molecule has 3 heteroatoms. The smallest absolute Gasteiger partial charge is 0.138 e. The molecule has 0 saturated heterocycles. The molecule has 1 aromatic rings. The molecule has 0 heterocycles. The summed E-state index contributed by atoms with van der Waals surface area (Å²) in [6, 6.07) is 8.25. The lowest BCUT2D eigenvalue weighted by Crippen LogP contribution is -2.20. The van der Waals surface area contributed by atoms with E-state index in [1.54, 1.807) is 0 Å². The molecule has 164 valence electrons. The summed E-state index contributed by atoms with van der Waals surface area (Å²) >= 11 is 0. The van der Waals surface area contributed by atoms with Crippen molar-refractivity contribution < 1.29 is 4.74 Å². The summed E-state index contributed by atoms with van der Waals surface area (Å²) in [6.07, 6.45) is 17.9. The van der Waals surface area contributed by atoms with Gasteiger partial charge in [-0.25, -0.2) is 0 Å². The summed E-state index contributed by atoms with van der Waals surface area (Å²) in [7, 11) is 0. The largest absolute Gasteiger partial charge is 0.492 e. The molecule has 0 amide bonds. The van der Waals surface area contributed by atoms with Crippen LogP contribution in [0.5, 0.6) is 5.75 Å². The Bertz CT molecular complexity index is 713. The van der Waals surface area contributed by atoms with Gasteiger partial charge < -0.3 is 4.74 Å². The van der Waals surface area contributed by atoms with Crippen molar-refractivity contribution in [3.63, 3.8) is 0 Å². The summed E-state index contributed by atoms with van der Waals surface area (Å²) in [4.78, 5) is 0. The molecule has 1 fully saturated rings. The van der Waals surface area contributed by atoms with Crippen LogP contribution >= 0.6 is 0 Å². The molecule has 2 rings (SSSR count). The molecule has 0 aromatic heterocycles. The van der Waals surface area contributed by atoms with Crippen molar-refractivity contribution in [2.45, 2.75) is 104 Å². The molecular formula is C27H40N2O. The van der Waals surface area contributed by atoms with Crippen molar-refractivity contribution in [3.05, 3.63) is 28.8 Å². The molecule has 0 spiro atoms. The van der Waals surface area contributed by atoms with Crippen molar-refractivity contribution in [1.29, 1.82) is 10.5 Å². The predicted octanol–water partition coefficient (Wildman–Crippen LogP) is 7.71. The highest BCUT2D eigenvalue weighted by Crippen LogP contribution is 2.36. The molecule has 3 nitrogen and oxygen atoms in total. The second-order valence-electron chi connectivity index (χ2n) is 8.94. The van der Waals surface area contributed by atoms with Crippen LogP contribution in [0.3, 0.4) is 0 Å². The van der Waals surface area contributed by atoms with Crippen molar-refractivity contribution in [1.82, 2.24) is 0 Å². The fourth-order valence-electron chi connectivity index (χ4n) is 5.05. The first-order valence-electron chi connectivity index (χ1n) is 12.3. The SMILES string of the molecule is CCCCCCCC1CCCCC1CCCOc1ccc(CCC)c(C#N)c1C#N. The Hall–Kier alpha value is -2.00. The summed E-state index contributed by atoms with van der Waals surface area (Å²) in [5.41, 5.74) is 1.85. The van der Waals surface area contributed by atoms with E-state index in [-0.39, 0.29) is 0 Å². The topological polar surface area (TPSA) is 56.8 Å². The molecule has 0 bridgehead atoms. The van der Waals surface area contributed by atoms with Gasteiger partial charge in [-0.1, -0.05) is 90.5 Å². The monoisotopic (exact) mass is 408 g/mol. The Morgan fingerprint density at radius 1 is 0.833 bits per heavy atom. The van der Waals surface area contributed by atoms with Crippen LogP contribution in [0.4, 0.5) is 0 Å². The maximum absolute atomic E-state index is 9.57. The highest BCUT2D eigenvalue weighted by atomic mass is 16.5. The number of rotatable bonds is 13. The molecule has 1 aliphatic rings. The average molecular weight is 409 g/mol. The van der Waals surface area contributed by atoms with E-state index in [2.05, 4.69) is 26.0 Å². The van der Waals surface area contributed by atoms with E-state index in [1.165, 1.54) is 70.6 Å². The fourth-order valence-corrected chi connectivity index (χ4v) is 5.05. The molecule has 2 atom stereocenters. The van der Waals surface area contributed by atoms with E-state index >= 15 is 0 Å². The van der Waals surface area contributed by atoms with Crippen molar-refractivity contribution >= 4 is 0 Å². The van der Waals surface area contributed by atoms with Gasteiger partial charge in [0.15, 0.2) is 0 Å². The standard InChI is InChI=1S/C27H40N2O/c1-3-5-6-7-8-13-22-14-9-10-15-23(22)16-11-19-30-27-18-17-24(12-4-2)25(20-28)26(27)21-29/h17-18,22-23H,3-16,19H2,1-2H3. The number of nitrogens with zero attached hydrogens (tertiary/aromatic N) is 2. The zero-order valence-electron chi connectivity index (χ0n) is 19.2. The van der Waals surface area contributed by atoms with Gasteiger partial charge in [0.2, 0.25) is 0 Å². The maximum Gasteiger partial charge on any atom is 0.138 e.